The molecule has 4 atom stereocenters. The fourth-order valence-corrected chi connectivity index (χ4v) is 1.69. The van der Waals surface area contributed by atoms with Crippen LogP contribution < -0.4 is 0 Å². The van der Waals surface area contributed by atoms with Gasteiger partial charge in [0.15, 0.2) is 0 Å². The number of methoxy groups -OCH3 is 2. The Labute approximate surface area is 85.5 Å². The summed E-state index contributed by atoms with van der Waals surface area (Å²) < 4.78 is 21.6. The van der Waals surface area contributed by atoms with Crippen molar-refractivity contribution < 1.29 is 18.9 Å². The highest BCUT2D eigenvalue weighted by Crippen LogP contribution is 2.24. The van der Waals surface area contributed by atoms with Gasteiger partial charge in [0.1, 0.15) is 24.9 Å². The van der Waals surface area contributed by atoms with Gasteiger partial charge in [-0.3, -0.25) is 0 Å². The van der Waals surface area contributed by atoms with Crippen LogP contribution in [0.2, 0.25) is 0 Å². The van der Waals surface area contributed by atoms with E-state index in [-0.39, 0.29) is 24.4 Å². The first-order valence-electron chi connectivity index (χ1n) is 4.90. The molecule has 0 aliphatic carbocycles. The molecule has 0 amide bonds. The third kappa shape index (κ3) is 2.45. The second-order valence-electron chi connectivity index (χ2n) is 3.30. The molecule has 1 radical (unpaired) electrons. The van der Waals surface area contributed by atoms with Gasteiger partial charge in [-0.2, -0.15) is 0 Å². The van der Waals surface area contributed by atoms with Crippen molar-refractivity contribution in [1.82, 2.24) is 0 Å². The zero-order chi connectivity index (χ0) is 10.6. The first-order valence-corrected chi connectivity index (χ1v) is 4.90. The summed E-state index contributed by atoms with van der Waals surface area (Å²) in [7, 11) is 3.30. The highest BCUT2D eigenvalue weighted by molar-refractivity contribution is 4.93. The highest BCUT2D eigenvalue weighted by Gasteiger charge is 2.39. The maximum Gasteiger partial charge on any atom is 0.116 e. The summed E-state index contributed by atoms with van der Waals surface area (Å²) in [5.74, 6) is 0. The van der Waals surface area contributed by atoms with E-state index in [4.69, 9.17) is 18.9 Å². The lowest BCUT2D eigenvalue weighted by molar-refractivity contribution is -0.190. The van der Waals surface area contributed by atoms with Crippen molar-refractivity contribution in [2.24, 2.45) is 0 Å². The quantitative estimate of drug-likeness (QED) is 0.683. The lowest BCUT2D eigenvalue weighted by atomic mass is 10.0. The molecule has 1 heterocycles. The maximum absolute atomic E-state index is 5.58. The van der Waals surface area contributed by atoms with E-state index in [9.17, 15) is 0 Å². The zero-order valence-corrected chi connectivity index (χ0v) is 9.23. The van der Waals surface area contributed by atoms with Crippen LogP contribution >= 0.6 is 0 Å². The van der Waals surface area contributed by atoms with Crippen LogP contribution in [0.5, 0.6) is 0 Å². The summed E-state index contributed by atoms with van der Waals surface area (Å²) in [4.78, 5) is 0. The Morgan fingerprint density at radius 1 is 1.21 bits per heavy atom. The Morgan fingerprint density at radius 3 is 2.43 bits per heavy atom. The summed E-state index contributed by atoms with van der Waals surface area (Å²) >= 11 is 0. The summed E-state index contributed by atoms with van der Waals surface area (Å²) in [6.45, 7) is 6.25. The van der Waals surface area contributed by atoms with E-state index in [1.807, 2.05) is 13.8 Å². The number of hydrogen-bond donors (Lipinski definition) is 0. The van der Waals surface area contributed by atoms with Gasteiger partial charge in [-0.1, -0.05) is 0 Å². The largest absolute Gasteiger partial charge is 0.376 e. The number of hydrogen-bond acceptors (Lipinski definition) is 4. The SMILES string of the molecule is CCO[C@H]1C(C)O[CH]C(OC)C1OC. The van der Waals surface area contributed by atoms with Gasteiger partial charge in [0, 0.05) is 20.8 Å². The second kappa shape index (κ2) is 5.66. The minimum Gasteiger partial charge on any atom is -0.376 e. The highest BCUT2D eigenvalue weighted by atomic mass is 16.6. The maximum atomic E-state index is 5.58. The molecule has 0 aromatic heterocycles. The third-order valence-corrected chi connectivity index (χ3v) is 2.44. The molecule has 0 spiro atoms. The molecule has 1 aliphatic heterocycles. The molecule has 3 unspecified atom stereocenters. The van der Waals surface area contributed by atoms with Crippen LogP contribution in [0.15, 0.2) is 0 Å². The molecular weight excluding hydrogens is 184 g/mol. The third-order valence-electron chi connectivity index (χ3n) is 2.44. The van der Waals surface area contributed by atoms with E-state index in [1.54, 1.807) is 20.8 Å². The van der Waals surface area contributed by atoms with Crippen molar-refractivity contribution >= 4 is 0 Å². The molecule has 0 aromatic rings. The van der Waals surface area contributed by atoms with Crippen LogP contribution in [0.4, 0.5) is 0 Å². The molecule has 0 aromatic carbocycles. The Bertz CT molecular complexity index is 162. The summed E-state index contributed by atoms with van der Waals surface area (Å²) in [5, 5.41) is 0. The summed E-state index contributed by atoms with van der Waals surface area (Å²) in [6, 6.07) is 0. The Morgan fingerprint density at radius 2 is 1.93 bits per heavy atom. The molecule has 1 rings (SSSR count). The van der Waals surface area contributed by atoms with Crippen LogP contribution in [0.25, 0.3) is 0 Å². The Kier molecular flexibility index (Phi) is 4.81. The standard InChI is InChI=1S/C10H19O4/c1-5-13-9-7(2)14-6-8(11-3)10(9)12-4/h6-10H,5H2,1-4H3/t7?,8?,9-,10?/m0/s1. The van der Waals surface area contributed by atoms with E-state index in [0.29, 0.717) is 6.61 Å². The fraction of sp³-hybridized carbons (Fsp3) is 0.900. The molecule has 83 valence electrons. The first-order chi connectivity index (χ1) is 6.74. The smallest absolute Gasteiger partial charge is 0.116 e. The van der Waals surface area contributed by atoms with Crippen LogP contribution in [-0.4, -0.2) is 45.2 Å². The minimum atomic E-state index is -0.159. The molecular formula is C10H19O4. The van der Waals surface area contributed by atoms with Crippen molar-refractivity contribution in [2.75, 3.05) is 20.8 Å². The summed E-state index contributed by atoms with van der Waals surface area (Å²) in [5.41, 5.74) is 0. The fourth-order valence-electron chi connectivity index (χ4n) is 1.69. The van der Waals surface area contributed by atoms with Gasteiger partial charge in [0.05, 0.1) is 6.10 Å². The monoisotopic (exact) mass is 203 g/mol. The van der Waals surface area contributed by atoms with Gasteiger partial charge < -0.3 is 18.9 Å². The Hall–Kier alpha value is -0.160. The molecule has 0 N–H and O–H groups in total. The van der Waals surface area contributed by atoms with Crippen LogP contribution in [-0.2, 0) is 18.9 Å². The minimum absolute atomic E-state index is 0.00583. The van der Waals surface area contributed by atoms with E-state index in [0.717, 1.165) is 0 Å². The van der Waals surface area contributed by atoms with E-state index in [1.165, 1.54) is 0 Å². The van der Waals surface area contributed by atoms with Gasteiger partial charge in [-0.25, -0.2) is 0 Å². The van der Waals surface area contributed by atoms with E-state index >= 15 is 0 Å². The number of ether oxygens (including phenoxy) is 4. The van der Waals surface area contributed by atoms with Crippen LogP contribution in [0.3, 0.4) is 0 Å². The average Bonchev–Trinajstić information content (AvgIpc) is 2.21. The molecule has 1 fully saturated rings. The van der Waals surface area contributed by atoms with E-state index in [2.05, 4.69) is 0 Å². The van der Waals surface area contributed by atoms with Crippen LogP contribution in [0.1, 0.15) is 13.8 Å². The van der Waals surface area contributed by atoms with Gasteiger partial charge >= 0.3 is 0 Å². The molecule has 1 aliphatic rings. The Balaban J connectivity index is 2.63. The molecule has 14 heavy (non-hydrogen) atoms. The molecule has 4 heteroatoms. The first kappa shape index (κ1) is 11.9. The van der Waals surface area contributed by atoms with Crippen LogP contribution in [0, 0.1) is 6.61 Å². The predicted molar refractivity (Wildman–Crippen MR) is 51.9 cm³/mol. The predicted octanol–water partition coefficient (Wildman–Crippen LogP) is 1.00. The van der Waals surface area contributed by atoms with Crippen molar-refractivity contribution in [3.63, 3.8) is 0 Å². The molecule has 4 nitrogen and oxygen atoms in total. The van der Waals surface area contributed by atoms with Gasteiger partial charge in [0.2, 0.25) is 0 Å². The van der Waals surface area contributed by atoms with E-state index < -0.39 is 0 Å². The van der Waals surface area contributed by atoms with Crippen molar-refractivity contribution in [2.45, 2.75) is 38.3 Å². The molecule has 1 saturated heterocycles. The molecule has 0 bridgehead atoms. The lowest BCUT2D eigenvalue weighted by Crippen LogP contribution is -2.52. The zero-order valence-electron chi connectivity index (χ0n) is 9.23. The van der Waals surface area contributed by atoms with Gasteiger partial charge in [0.25, 0.3) is 0 Å². The van der Waals surface area contributed by atoms with Gasteiger partial charge in [-0.05, 0) is 13.8 Å². The second-order valence-corrected chi connectivity index (χ2v) is 3.30. The van der Waals surface area contributed by atoms with Crippen molar-refractivity contribution in [3.8, 4) is 0 Å². The summed E-state index contributed by atoms with van der Waals surface area (Å²) in [6.07, 6.45) is -0.317. The van der Waals surface area contributed by atoms with Gasteiger partial charge in [-0.15, -0.1) is 0 Å². The normalized spacial score (nSPS) is 38.6. The topological polar surface area (TPSA) is 36.9 Å². The number of rotatable bonds is 4. The lowest BCUT2D eigenvalue weighted by Gasteiger charge is -2.39. The molecule has 0 saturated carbocycles. The van der Waals surface area contributed by atoms with Crippen molar-refractivity contribution in [3.05, 3.63) is 6.61 Å². The van der Waals surface area contributed by atoms with Crippen molar-refractivity contribution in [1.29, 1.82) is 0 Å². The average molecular weight is 203 g/mol.